The van der Waals surface area contributed by atoms with Crippen molar-refractivity contribution in [1.82, 2.24) is 4.90 Å². The maximum Gasteiger partial charge on any atom is 0.105 e. The second-order valence-electron chi connectivity index (χ2n) is 5.79. The summed E-state index contributed by atoms with van der Waals surface area (Å²) < 4.78 is 0. The molecule has 0 amide bonds. The van der Waals surface area contributed by atoms with Gasteiger partial charge in [0.2, 0.25) is 0 Å². The van der Waals surface area contributed by atoms with Gasteiger partial charge in [0.15, 0.2) is 0 Å². The van der Waals surface area contributed by atoms with Crippen molar-refractivity contribution in [1.29, 1.82) is 0 Å². The lowest BCUT2D eigenvalue weighted by Crippen LogP contribution is -2.64. The average molecular weight is 214 g/mol. The molecule has 4 heteroatoms. The molecule has 1 unspecified atom stereocenters. The molecule has 4 nitrogen and oxygen atoms in total. The van der Waals surface area contributed by atoms with Gasteiger partial charge >= 0.3 is 0 Å². The van der Waals surface area contributed by atoms with Crippen LogP contribution in [0.3, 0.4) is 0 Å². The summed E-state index contributed by atoms with van der Waals surface area (Å²) in [6.07, 6.45) is 0.929. The predicted molar refractivity (Wildman–Crippen MR) is 60.5 cm³/mol. The van der Waals surface area contributed by atoms with Crippen LogP contribution in [0, 0.1) is 4.91 Å². The Morgan fingerprint density at radius 1 is 1.27 bits per heavy atom. The number of aliphatic hydroxyl groups is 1. The summed E-state index contributed by atoms with van der Waals surface area (Å²) in [7, 11) is 0. The number of nitroso groups, excluding NO2 is 1. The van der Waals surface area contributed by atoms with E-state index in [1.54, 1.807) is 6.92 Å². The molecular weight excluding hydrogens is 192 g/mol. The van der Waals surface area contributed by atoms with Gasteiger partial charge in [-0.1, -0.05) is 5.18 Å². The van der Waals surface area contributed by atoms with Gasteiger partial charge < -0.3 is 5.11 Å². The fourth-order valence-corrected chi connectivity index (χ4v) is 3.33. The molecule has 1 aliphatic heterocycles. The Kier molecular flexibility index (Phi) is 3.22. The molecule has 0 aromatic heterocycles. The lowest BCUT2D eigenvalue weighted by molar-refractivity contribution is -0.133. The Hall–Kier alpha value is -0.480. The van der Waals surface area contributed by atoms with Crippen molar-refractivity contribution in [3.63, 3.8) is 0 Å². The SMILES string of the molecule is CC(O)N1C(C)(C)CC(N=O)CC1(C)C. The van der Waals surface area contributed by atoms with Crippen molar-refractivity contribution >= 4 is 0 Å². The molecule has 1 fully saturated rings. The van der Waals surface area contributed by atoms with Crippen LogP contribution in [0.5, 0.6) is 0 Å². The summed E-state index contributed by atoms with van der Waals surface area (Å²) >= 11 is 0. The van der Waals surface area contributed by atoms with Crippen LogP contribution in [0.1, 0.15) is 47.5 Å². The number of likely N-dealkylation sites (tertiary alicyclic amines) is 1. The van der Waals surface area contributed by atoms with Crippen LogP contribution in [-0.4, -0.2) is 33.4 Å². The standard InChI is InChI=1S/C11H22N2O2/c1-8(14)13-10(2,3)6-9(12-15)7-11(13,4)5/h8-9,14H,6-7H2,1-5H3. The fourth-order valence-electron chi connectivity index (χ4n) is 3.33. The molecule has 15 heavy (non-hydrogen) atoms. The molecule has 0 spiro atoms. The first kappa shape index (κ1) is 12.6. The monoisotopic (exact) mass is 214 g/mol. The molecule has 1 rings (SSSR count). The first-order valence-electron chi connectivity index (χ1n) is 5.51. The van der Waals surface area contributed by atoms with E-state index in [0.29, 0.717) is 12.8 Å². The highest BCUT2D eigenvalue weighted by molar-refractivity contribution is 5.02. The molecule has 88 valence electrons. The number of piperidine rings is 1. The van der Waals surface area contributed by atoms with Gasteiger partial charge in [-0.25, -0.2) is 0 Å². The summed E-state index contributed by atoms with van der Waals surface area (Å²) in [4.78, 5) is 12.8. The van der Waals surface area contributed by atoms with Crippen LogP contribution in [0.4, 0.5) is 0 Å². The normalized spacial score (nSPS) is 28.7. The van der Waals surface area contributed by atoms with Crippen molar-refractivity contribution in [3.05, 3.63) is 4.91 Å². The Morgan fingerprint density at radius 3 is 1.93 bits per heavy atom. The number of hydrogen-bond acceptors (Lipinski definition) is 4. The third-order valence-electron chi connectivity index (χ3n) is 3.30. The first-order valence-corrected chi connectivity index (χ1v) is 5.51. The van der Waals surface area contributed by atoms with E-state index in [-0.39, 0.29) is 17.1 Å². The highest BCUT2D eigenvalue weighted by Crippen LogP contribution is 2.40. The summed E-state index contributed by atoms with van der Waals surface area (Å²) in [6, 6.07) is -0.134. The van der Waals surface area contributed by atoms with Crippen molar-refractivity contribution in [3.8, 4) is 0 Å². The van der Waals surface area contributed by atoms with Crippen LogP contribution in [-0.2, 0) is 0 Å². The zero-order valence-electron chi connectivity index (χ0n) is 10.3. The highest BCUT2D eigenvalue weighted by Gasteiger charge is 2.47. The second kappa shape index (κ2) is 3.83. The van der Waals surface area contributed by atoms with E-state index < -0.39 is 6.23 Å². The van der Waals surface area contributed by atoms with Gasteiger partial charge in [0.1, 0.15) is 6.23 Å². The molecule has 0 aromatic carbocycles. The second-order valence-corrected chi connectivity index (χ2v) is 5.79. The van der Waals surface area contributed by atoms with Gasteiger partial charge in [0.25, 0.3) is 0 Å². The zero-order valence-corrected chi connectivity index (χ0v) is 10.3. The van der Waals surface area contributed by atoms with E-state index in [1.807, 2.05) is 0 Å². The van der Waals surface area contributed by atoms with E-state index in [0.717, 1.165) is 0 Å². The van der Waals surface area contributed by atoms with E-state index in [1.165, 1.54) is 0 Å². The Labute approximate surface area is 91.6 Å². The Morgan fingerprint density at radius 2 is 1.67 bits per heavy atom. The van der Waals surface area contributed by atoms with E-state index in [4.69, 9.17) is 0 Å². The average Bonchev–Trinajstić information content (AvgIpc) is 1.97. The quantitative estimate of drug-likeness (QED) is 0.716. The van der Waals surface area contributed by atoms with E-state index >= 15 is 0 Å². The lowest BCUT2D eigenvalue weighted by Gasteiger charge is -2.55. The summed E-state index contributed by atoms with van der Waals surface area (Å²) in [6.45, 7) is 9.99. The number of nitrogens with zero attached hydrogens (tertiary/aromatic N) is 2. The van der Waals surface area contributed by atoms with E-state index in [9.17, 15) is 10.0 Å². The van der Waals surface area contributed by atoms with Gasteiger partial charge in [-0.2, -0.15) is 4.91 Å². The van der Waals surface area contributed by atoms with Gasteiger partial charge in [-0.3, -0.25) is 4.90 Å². The molecule has 0 radical (unpaired) electrons. The Bertz CT molecular complexity index is 231. The van der Waals surface area contributed by atoms with E-state index in [2.05, 4.69) is 37.8 Å². The topological polar surface area (TPSA) is 52.9 Å². The zero-order chi connectivity index (χ0) is 11.9. The maximum absolute atomic E-state index is 10.7. The van der Waals surface area contributed by atoms with Crippen molar-refractivity contribution in [2.45, 2.75) is 70.8 Å². The molecule has 1 aliphatic rings. The molecule has 0 aliphatic carbocycles. The number of rotatable bonds is 2. The lowest BCUT2D eigenvalue weighted by atomic mass is 9.77. The van der Waals surface area contributed by atoms with Crippen molar-refractivity contribution in [2.24, 2.45) is 5.18 Å². The van der Waals surface area contributed by atoms with Crippen molar-refractivity contribution < 1.29 is 5.11 Å². The summed E-state index contributed by atoms with van der Waals surface area (Å²) in [5.41, 5.74) is -0.372. The molecule has 0 saturated carbocycles. The molecule has 1 N–H and O–H groups in total. The van der Waals surface area contributed by atoms with Gasteiger partial charge in [-0.05, 0) is 47.5 Å². The first-order chi connectivity index (χ1) is 6.70. The summed E-state index contributed by atoms with van der Waals surface area (Å²) in [5, 5.41) is 13.0. The molecule has 1 saturated heterocycles. The number of hydrogen-bond donors (Lipinski definition) is 1. The number of aliphatic hydroxyl groups excluding tert-OH is 1. The molecule has 1 atom stereocenters. The molecule has 0 bridgehead atoms. The van der Waals surface area contributed by atoms with Crippen LogP contribution in [0.25, 0.3) is 0 Å². The smallest absolute Gasteiger partial charge is 0.105 e. The van der Waals surface area contributed by atoms with Crippen LogP contribution in [0.15, 0.2) is 5.18 Å². The van der Waals surface area contributed by atoms with Gasteiger partial charge in [-0.15, -0.1) is 0 Å². The molecule has 0 aromatic rings. The maximum atomic E-state index is 10.7. The van der Waals surface area contributed by atoms with Gasteiger partial charge in [0, 0.05) is 11.1 Å². The minimum atomic E-state index is -0.498. The largest absolute Gasteiger partial charge is 0.379 e. The minimum Gasteiger partial charge on any atom is -0.379 e. The molecule has 1 heterocycles. The van der Waals surface area contributed by atoms with Crippen LogP contribution >= 0.6 is 0 Å². The van der Waals surface area contributed by atoms with Crippen LogP contribution < -0.4 is 0 Å². The summed E-state index contributed by atoms with van der Waals surface area (Å²) in [5.74, 6) is 0. The minimum absolute atomic E-state index is 0.134. The fraction of sp³-hybridized carbons (Fsp3) is 1.00. The third kappa shape index (κ3) is 2.37. The molecular formula is C11H22N2O2. The van der Waals surface area contributed by atoms with Crippen molar-refractivity contribution in [2.75, 3.05) is 0 Å². The Balaban J connectivity index is 3.00. The van der Waals surface area contributed by atoms with Crippen LogP contribution in [0.2, 0.25) is 0 Å². The third-order valence-corrected chi connectivity index (χ3v) is 3.30. The van der Waals surface area contributed by atoms with Gasteiger partial charge in [0.05, 0.1) is 6.04 Å². The predicted octanol–water partition coefficient (Wildman–Crippen LogP) is 2.11. The highest BCUT2D eigenvalue weighted by atomic mass is 16.3.